The summed E-state index contributed by atoms with van der Waals surface area (Å²) in [7, 11) is -3.49. The fraction of sp³-hybridized carbons (Fsp3) is 0.250. The Morgan fingerprint density at radius 2 is 2.14 bits per heavy atom. The Kier molecular flexibility index (Phi) is 3.36. The molecule has 6 heteroatoms. The summed E-state index contributed by atoms with van der Waals surface area (Å²) >= 11 is 5.65. The number of hydrogen-bond acceptors (Lipinski definition) is 3. The first-order valence-electron chi connectivity index (χ1n) is 4.02. The molecule has 78 valence electrons. The van der Waals surface area contributed by atoms with Crippen molar-refractivity contribution in [3.63, 3.8) is 0 Å². The number of hydrogen-bond donors (Lipinski definition) is 2. The van der Waals surface area contributed by atoms with Gasteiger partial charge in [-0.05, 0) is 18.2 Å². The summed E-state index contributed by atoms with van der Waals surface area (Å²) in [6.07, 6.45) is 0. The topological polar surface area (TPSA) is 72.2 Å². The quantitative estimate of drug-likeness (QED) is 0.773. The highest BCUT2D eigenvalue weighted by Crippen LogP contribution is 2.21. The van der Waals surface area contributed by atoms with E-state index in [1.165, 1.54) is 18.2 Å². The Morgan fingerprint density at radius 1 is 1.50 bits per heavy atom. The van der Waals surface area contributed by atoms with Crippen molar-refractivity contribution in [2.24, 2.45) is 0 Å². The molecule has 0 amide bonds. The van der Waals surface area contributed by atoms with E-state index in [-0.39, 0.29) is 10.6 Å². The van der Waals surface area contributed by atoms with E-state index in [4.69, 9.17) is 17.3 Å². The Morgan fingerprint density at radius 3 is 2.64 bits per heavy atom. The predicted molar refractivity (Wildman–Crippen MR) is 56.7 cm³/mol. The van der Waals surface area contributed by atoms with Gasteiger partial charge in [0, 0.05) is 11.6 Å². The van der Waals surface area contributed by atoms with E-state index in [1.54, 1.807) is 6.92 Å². The van der Waals surface area contributed by atoms with Crippen LogP contribution in [0.2, 0.25) is 5.02 Å². The van der Waals surface area contributed by atoms with E-state index >= 15 is 0 Å². The third kappa shape index (κ3) is 2.37. The standard InChI is InChI=1S/C8H11ClN2O2S/c1-2-11-14(12,13)8-4-3-6(9)5-7(8)10/h3-5,11H,2,10H2,1H3. The lowest BCUT2D eigenvalue weighted by atomic mass is 10.3. The molecule has 0 atom stereocenters. The van der Waals surface area contributed by atoms with E-state index in [1.807, 2.05) is 0 Å². The van der Waals surface area contributed by atoms with Crippen LogP contribution in [0, 0.1) is 0 Å². The van der Waals surface area contributed by atoms with Gasteiger partial charge in [-0.3, -0.25) is 0 Å². The molecule has 1 aromatic carbocycles. The summed E-state index contributed by atoms with van der Waals surface area (Å²) in [5.74, 6) is 0. The molecule has 0 saturated carbocycles. The molecular weight excluding hydrogens is 224 g/mol. The molecule has 0 heterocycles. The van der Waals surface area contributed by atoms with Crippen LogP contribution in [0.4, 0.5) is 5.69 Å². The molecule has 0 unspecified atom stereocenters. The molecule has 4 nitrogen and oxygen atoms in total. The number of rotatable bonds is 3. The predicted octanol–water partition coefficient (Wildman–Crippen LogP) is 1.22. The van der Waals surface area contributed by atoms with Gasteiger partial charge in [-0.2, -0.15) is 0 Å². The van der Waals surface area contributed by atoms with Gasteiger partial charge in [-0.25, -0.2) is 13.1 Å². The fourth-order valence-corrected chi connectivity index (χ4v) is 2.36. The molecule has 0 spiro atoms. The fourth-order valence-electron chi connectivity index (χ4n) is 1.03. The average Bonchev–Trinajstić information content (AvgIpc) is 2.02. The molecule has 0 aliphatic heterocycles. The summed E-state index contributed by atoms with van der Waals surface area (Å²) in [4.78, 5) is 0.0590. The van der Waals surface area contributed by atoms with Gasteiger partial charge in [0.15, 0.2) is 0 Å². The van der Waals surface area contributed by atoms with Gasteiger partial charge in [-0.1, -0.05) is 18.5 Å². The highest BCUT2D eigenvalue weighted by atomic mass is 35.5. The summed E-state index contributed by atoms with van der Waals surface area (Å²) in [6.45, 7) is 2.02. The van der Waals surface area contributed by atoms with Crippen LogP contribution in [-0.2, 0) is 10.0 Å². The third-order valence-electron chi connectivity index (χ3n) is 1.60. The second kappa shape index (κ2) is 4.16. The van der Waals surface area contributed by atoms with Gasteiger partial charge in [0.25, 0.3) is 0 Å². The maximum atomic E-state index is 11.5. The normalized spacial score (nSPS) is 11.6. The smallest absolute Gasteiger partial charge is 0.242 e. The molecule has 1 aromatic rings. The minimum Gasteiger partial charge on any atom is -0.398 e. The molecular formula is C8H11ClN2O2S. The minimum absolute atomic E-state index is 0.0590. The number of benzene rings is 1. The number of halogens is 1. The van der Waals surface area contributed by atoms with Crippen LogP contribution in [0.15, 0.2) is 23.1 Å². The second-order valence-corrected chi connectivity index (χ2v) is 4.86. The Hall–Kier alpha value is -0.780. The van der Waals surface area contributed by atoms with Gasteiger partial charge < -0.3 is 5.73 Å². The summed E-state index contributed by atoms with van der Waals surface area (Å²) in [5, 5.41) is 0.415. The van der Waals surface area contributed by atoms with Crippen LogP contribution < -0.4 is 10.5 Å². The molecule has 0 aliphatic rings. The van der Waals surface area contributed by atoms with Crippen molar-refractivity contribution in [3.8, 4) is 0 Å². The van der Waals surface area contributed by atoms with Crippen molar-refractivity contribution in [1.82, 2.24) is 4.72 Å². The maximum absolute atomic E-state index is 11.5. The molecule has 0 fully saturated rings. The van der Waals surface area contributed by atoms with Crippen LogP contribution >= 0.6 is 11.6 Å². The van der Waals surface area contributed by atoms with Gasteiger partial charge in [0.2, 0.25) is 10.0 Å². The second-order valence-electron chi connectivity index (χ2n) is 2.68. The summed E-state index contributed by atoms with van der Waals surface area (Å²) in [6, 6.07) is 4.28. The number of anilines is 1. The monoisotopic (exact) mass is 234 g/mol. The molecule has 1 rings (SSSR count). The first-order chi connectivity index (χ1) is 6.47. The average molecular weight is 235 g/mol. The van der Waals surface area contributed by atoms with E-state index < -0.39 is 10.0 Å². The van der Waals surface area contributed by atoms with E-state index in [0.29, 0.717) is 11.6 Å². The lowest BCUT2D eigenvalue weighted by Crippen LogP contribution is -2.24. The Bertz CT molecular complexity index is 431. The van der Waals surface area contributed by atoms with Crippen molar-refractivity contribution < 1.29 is 8.42 Å². The zero-order valence-electron chi connectivity index (χ0n) is 7.62. The lowest BCUT2D eigenvalue weighted by molar-refractivity contribution is 0.584. The van der Waals surface area contributed by atoms with Gasteiger partial charge in [0.05, 0.1) is 5.69 Å². The number of sulfonamides is 1. The largest absolute Gasteiger partial charge is 0.398 e. The molecule has 0 radical (unpaired) electrons. The maximum Gasteiger partial charge on any atom is 0.242 e. The van der Waals surface area contributed by atoms with Crippen LogP contribution in [-0.4, -0.2) is 15.0 Å². The lowest BCUT2D eigenvalue weighted by Gasteiger charge is -2.07. The third-order valence-corrected chi connectivity index (χ3v) is 3.45. The summed E-state index contributed by atoms with van der Waals surface area (Å²) in [5.41, 5.74) is 5.69. The highest BCUT2D eigenvalue weighted by Gasteiger charge is 2.15. The zero-order valence-corrected chi connectivity index (χ0v) is 9.19. The van der Waals surface area contributed by atoms with Crippen molar-refractivity contribution >= 4 is 27.3 Å². The highest BCUT2D eigenvalue weighted by molar-refractivity contribution is 7.89. The van der Waals surface area contributed by atoms with Crippen LogP contribution in [0.25, 0.3) is 0 Å². The molecule has 0 aliphatic carbocycles. The first kappa shape index (κ1) is 11.3. The van der Waals surface area contributed by atoms with Crippen molar-refractivity contribution in [2.75, 3.05) is 12.3 Å². The molecule has 0 aromatic heterocycles. The molecule has 14 heavy (non-hydrogen) atoms. The van der Waals surface area contributed by atoms with Crippen molar-refractivity contribution in [2.45, 2.75) is 11.8 Å². The Balaban J connectivity index is 3.20. The van der Waals surface area contributed by atoms with Gasteiger partial charge >= 0.3 is 0 Å². The van der Waals surface area contributed by atoms with Crippen molar-refractivity contribution in [3.05, 3.63) is 23.2 Å². The number of nitrogen functional groups attached to an aromatic ring is 1. The SMILES string of the molecule is CCNS(=O)(=O)c1ccc(Cl)cc1N. The minimum atomic E-state index is -3.49. The first-order valence-corrected chi connectivity index (χ1v) is 5.88. The van der Waals surface area contributed by atoms with Crippen molar-refractivity contribution in [1.29, 1.82) is 0 Å². The summed E-state index contributed by atoms with van der Waals surface area (Å²) < 4.78 is 25.4. The Labute approximate surface area is 88.1 Å². The number of nitrogens with one attached hydrogen (secondary N) is 1. The number of nitrogens with two attached hydrogens (primary N) is 1. The van der Waals surface area contributed by atoms with Gasteiger partial charge in [0.1, 0.15) is 4.90 Å². The van der Waals surface area contributed by atoms with E-state index in [0.717, 1.165) is 0 Å². The zero-order chi connectivity index (χ0) is 10.8. The van der Waals surface area contributed by atoms with Crippen LogP contribution in [0.3, 0.4) is 0 Å². The van der Waals surface area contributed by atoms with Crippen LogP contribution in [0.5, 0.6) is 0 Å². The van der Waals surface area contributed by atoms with E-state index in [9.17, 15) is 8.42 Å². The molecule has 0 saturated heterocycles. The van der Waals surface area contributed by atoms with Gasteiger partial charge in [-0.15, -0.1) is 0 Å². The molecule has 3 N–H and O–H groups in total. The van der Waals surface area contributed by atoms with Crippen LogP contribution in [0.1, 0.15) is 6.92 Å². The van der Waals surface area contributed by atoms with E-state index in [2.05, 4.69) is 4.72 Å². The molecule has 0 bridgehead atoms.